The number of carbonyl (C=O) groups excluding carboxylic acids is 1. The summed E-state index contributed by atoms with van der Waals surface area (Å²) in [4.78, 5) is 24.3. The van der Waals surface area contributed by atoms with Crippen LogP contribution in [-0.4, -0.2) is 46.2 Å². The largest absolute Gasteiger partial charge is 0.481 e. The van der Waals surface area contributed by atoms with Crippen molar-refractivity contribution in [2.45, 2.75) is 38.7 Å². The molecule has 5 heteroatoms. The highest BCUT2D eigenvalue weighted by Crippen LogP contribution is 2.32. The Balaban J connectivity index is 2.52. The maximum absolute atomic E-state index is 12.0. The fourth-order valence-corrected chi connectivity index (χ4v) is 2.40. The second kappa shape index (κ2) is 5.04. The average molecular weight is 243 g/mol. The number of hydrogen-bond acceptors (Lipinski definition) is 3. The number of rotatable bonds is 4. The molecule has 17 heavy (non-hydrogen) atoms. The summed E-state index contributed by atoms with van der Waals surface area (Å²) >= 11 is 0. The van der Waals surface area contributed by atoms with Crippen LogP contribution in [0.15, 0.2) is 0 Å². The molecule has 0 unspecified atom stereocenters. The third-order valence-electron chi connectivity index (χ3n) is 3.13. The molecule has 0 spiro atoms. The molecule has 1 aliphatic rings. The van der Waals surface area contributed by atoms with Crippen molar-refractivity contribution in [3.63, 3.8) is 0 Å². The summed E-state index contributed by atoms with van der Waals surface area (Å²) < 4.78 is 0. The van der Waals surface area contributed by atoms with Crippen LogP contribution in [0.1, 0.15) is 33.1 Å². The Morgan fingerprint density at radius 1 is 1.29 bits per heavy atom. The minimum atomic E-state index is -0.921. The summed E-state index contributed by atoms with van der Waals surface area (Å²) in [7, 11) is 1.65. The second-order valence-corrected chi connectivity index (χ2v) is 5.55. The maximum atomic E-state index is 12.0. The van der Waals surface area contributed by atoms with Crippen LogP contribution < -0.4 is 0 Å². The monoisotopic (exact) mass is 243 g/mol. The van der Waals surface area contributed by atoms with Crippen molar-refractivity contribution in [2.75, 3.05) is 13.6 Å². The highest BCUT2D eigenvalue weighted by Gasteiger charge is 2.35. The number of nitrogens with zero attached hydrogens (tertiary/aromatic N) is 1. The molecule has 1 amide bonds. The van der Waals surface area contributed by atoms with Gasteiger partial charge in [-0.15, -0.1) is 0 Å². The van der Waals surface area contributed by atoms with Crippen molar-refractivity contribution in [2.24, 2.45) is 11.8 Å². The minimum absolute atomic E-state index is 0.0594. The molecule has 0 saturated heterocycles. The molecule has 98 valence electrons. The first-order chi connectivity index (χ1) is 7.70. The fraction of sp³-hybridized carbons (Fsp3) is 0.833. The lowest BCUT2D eigenvalue weighted by Crippen LogP contribution is -2.42. The van der Waals surface area contributed by atoms with Crippen molar-refractivity contribution >= 4 is 11.9 Å². The Kier molecular flexibility index (Phi) is 4.14. The summed E-state index contributed by atoms with van der Waals surface area (Å²) in [6, 6.07) is 0. The Morgan fingerprint density at radius 3 is 2.24 bits per heavy atom. The summed E-state index contributed by atoms with van der Waals surface area (Å²) in [5, 5.41) is 18.5. The van der Waals surface area contributed by atoms with Gasteiger partial charge in [0.1, 0.15) is 0 Å². The fourth-order valence-electron chi connectivity index (χ4n) is 2.40. The van der Waals surface area contributed by atoms with Gasteiger partial charge in [-0.3, -0.25) is 9.59 Å². The standard InChI is InChI=1S/C12H21NO4/c1-12(2,17)7-13(3)10(14)8-4-5-9(6-8)11(15)16/h8-9,17H,4-7H2,1-3H3,(H,15,16)/t8-,9+/m1/s1. The second-order valence-electron chi connectivity index (χ2n) is 5.55. The molecular formula is C12H21NO4. The Bertz CT molecular complexity index is 308. The van der Waals surface area contributed by atoms with Gasteiger partial charge in [0, 0.05) is 19.5 Å². The topological polar surface area (TPSA) is 77.8 Å². The molecule has 0 aromatic heterocycles. The van der Waals surface area contributed by atoms with Crippen LogP contribution in [0.4, 0.5) is 0 Å². The third kappa shape index (κ3) is 4.00. The van der Waals surface area contributed by atoms with E-state index in [1.165, 1.54) is 4.90 Å². The van der Waals surface area contributed by atoms with Gasteiger partial charge in [-0.1, -0.05) is 0 Å². The van der Waals surface area contributed by atoms with Crippen LogP contribution in [0.5, 0.6) is 0 Å². The zero-order valence-corrected chi connectivity index (χ0v) is 10.6. The van der Waals surface area contributed by atoms with Crippen LogP contribution >= 0.6 is 0 Å². The minimum Gasteiger partial charge on any atom is -0.481 e. The molecule has 1 rings (SSSR count). The number of carboxylic acid groups (broad SMARTS) is 1. The van der Waals surface area contributed by atoms with Gasteiger partial charge in [-0.2, -0.15) is 0 Å². The van der Waals surface area contributed by atoms with Gasteiger partial charge >= 0.3 is 5.97 Å². The predicted octanol–water partition coefficient (Wildman–Crippen LogP) is 0.717. The molecule has 0 radical (unpaired) electrons. The SMILES string of the molecule is CN(CC(C)(C)O)C(=O)[C@@H]1CC[C@H](C(=O)O)C1. The molecular weight excluding hydrogens is 222 g/mol. The van der Waals surface area contributed by atoms with Gasteiger partial charge in [0.15, 0.2) is 0 Å². The number of amides is 1. The van der Waals surface area contributed by atoms with E-state index in [0.717, 1.165) is 0 Å². The summed E-state index contributed by atoms with van der Waals surface area (Å²) in [6.45, 7) is 3.55. The van der Waals surface area contributed by atoms with Crippen LogP contribution in [0, 0.1) is 11.8 Å². The number of aliphatic carboxylic acids is 1. The summed E-state index contributed by atoms with van der Waals surface area (Å²) in [5.41, 5.74) is -0.921. The first-order valence-corrected chi connectivity index (χ1v) is 5.91. The van der Waals surface area contributed by atoms with Crippen molar-refractivity contribution < 1.29 is 19.8 Å². The van der Waals surface area contributed by atoms with E-state index in [1.54, 1.807) is 20.9 Å². The van der Waals surface area contributed by atoms with E-state index in [4.69, 9.17) is 5.11 Å². The normalized spacial score (nSPS) is 24.7. The average Bonchev–Trinajstić information content (AvgIpc) is 2.62. The molecule has 1 aliphatic carbocycles. The quantitative estimate of drug-likeness (QED) is 0.762. The van der Waals surface area contributed by atoms with E-state index in [0.29, 0.717) is 19.3 Å². The molecule has 0 aromatic rings. The first-order valence-electron chi connectivity index (χ1n) is 5.91. The van der Waals surface area contributed by atoms with E-state index in [9.17, 15) is 14.7 Å². The summed E-state index contributed by atoms with van der Waals surface area (Å²) in [5.74, 6) is -1.47. The molecule has 5 nitrogen and oxygen atoms in total. The number of aliphatic hydroxyl groups is 1. The van der Waals surface area contributed by atoms with Gasteiger partial charge in [0.25, 0.3) is 0 Å². The van der Waals surface area contributed by atoms with Crippen molar-refractivity contribution in [3.05, 3.63) is 0 Å². The van der Waals surface area contributed by atoms with Gasteiger partial charge in [-0.25, -0.2) is 0 Å². The molecule has 1 saturated carbocycles. The Hall–Kier alpha value is -1.10. The van der Waals surface area contributed by atoms with Crippen molar-refractivity contribution in [3.8, 4) is 0 Å². The number of hydrogen-bond donors (Lipinski definition) is 2. The van der Waals surface area contributed by atoms with E-state index in [1.807, 2.05) is 0 Å². The number of carboxylic acids is 1. The van der Waals surface area contributed by atoms with Crippen LogP contribution in [-0.2, 0) is 9.59 Å². The van der Waals surface area contributed by atoms with Gasteiger partial charge in [0.2, 0.25) is 5.91 Å². The van der Waals surface area contributed by atoms with E-state index >= 15 is 0 Å². The molecule has 0 bridgehead atoms. The third-order valence-corrected chi connectivity index (χ3v) is 3.13. The van der Waals surface area contributed by atoms with Gasteiger partial charge in [0.05, 0.1) is 11.5 Å². The van der Waals surface area contributed by atoms with Gasteiger partial charge < -0.3 is 15.1 Å². The first kappa shape index (κ1) is 14.0. The maximum Gasteiger partial charge on any atom is 0.306 e. The number of carbonyl (C=O) groups is 2. The van der Waals surface area contributed by atoms with Crippen molar-refractivity contribution in [1.82, 2.24) is 4.90 Å². The van der Waals surface area contributed by atoms with E-state index in [-0.39, 0.29) is 24.3 Å². The Morgan fingerprint density at radius 2 is 1.82 bits per heavy atom. The highest BCUT2D eigenvalue weighted by molar-refractivity contribution is 5.80. The van der Waals surface area contributed by atoms with E-state index < -0.39 is 11.6 Å². The zero-order valence-electron chi connectivity index (χ0n) is 10.6. The Labute approximate surface area is 101 Å². The zero-order chi connectivity index (χ0) is 13.2. The molecule has 0 heterocycles. The lowest BCUT2D eigenvalue weighted by Gasteiger charge is -2.27. The lowest BCUT2D eigenvalue weighted by atomic mass is 10.0. The van der Waals surface area contributed by atoms with Gasteiger partial charge in [-0.05, 0) is 33.1 Å². The lowest BCUT2D eigenvalue weighted by molar-refractivity contribution is -0.142. The van der Waals surface area contributed by atoms with Crippen LogP contribution in [0.2, 0.25) is 0 Å². The summed E-state index contributed by atoms with van der Waals surface area (Å²) in [6.07, 6.45) is 1.62. The van der Waals surface area contributed by atoms with Crippen LogP contribution in [0.3, 0.4) is 0 Å². The highest BCUT2D eigenvalue weighted by atomic mass is 16.4. The number of likely N-dealkylation sites (N-methyl/N-ethyl adjacent to an activating group) is 1. The van der Waals surface area contributed by atoms with E-state index in [2.05, 4.69) is 0 Å². The predicted molar refractivity (Wildman–Crippen MR) is 62.4 cm³/mol. The molecule has 2 N–H and O–H groups in total. The smallest absolute Gasteiger partial charge is 0.306 e. The van der Waals surface area contributed by atoms with Crippen LogP contribution in [0.25, 0.3) is 0 Å². The molecule has 0 aromatic carbocycles. The molecule has 2 atom stereocenters. The molecule has 1 fully saturated rings. The van der Waals surface area contributed by atoms with Crippen molar-refractivity contribution in [1.29, 1.82) is 0 Å². The molecule has 0 aliphatic heterocycles.